The summed E-state index contributed by atoms with van der Waals surface area (Å²) >= 11 is 5.94. The zero-order valence-corrected chi connectivity index (χ0v) is 13.1. The molecule has 2 rings (SSSR count). The molecule has 1 amide bonds. The molecule has 0 bridgehead atoms. The van der Waals surface area contributed by atoms with Gasteiger partial charge in [-0.15, -0.1) is 0 Å². The minimum Gasteiger partial charge on any atom is -0.495 e. The average Bonchev–Trinajstić information content (AvgIpc) is 2.37. The molecule has 1 unspecified atom stereocenters. The number of carbonyl (C=O) groups excluding carboxylic acids is 1. The van der Waals surface area contributed by atoms with Crippen LogP contribution in [0.1, 0.15) is 19.8 Å². The largest absolute Gasteiger partial charge is 0.495 e. The molecule has 1 aliphatic rings. The van der Waals surface area contributed by atoms with Gasteiger partial charge in [0.15, 0.2) is 0 Å². The van der Waals surface area contributed by atoms with E-state index in [1.165, 1.54) is 0 Å². The van der Waals surface area contributed by atoms with Gasteiger partial charge < -0.3 is 15.2 Å². The standard InChI is InChI=1S/C15H21ClN2O3/c1-15(20)6-3-7-18(10-15)9-14(19)17-12-8-11(16)4-5-13(12)21-2/h4-5,8,20H,3,6-7,9-10H2,1-2H3,(H,17,19). The second kappa shape index (κ2) is 6.64. The number of benzene rings is 1. The van der Waals surface area contributed by atoms with Crippen molar-refractivity contribution in [1.29, 1.82) is 0 Å². The van der Waals surface area contributed by atoms with Crippen molar-refractivity contribution >= 4 is 23.2 Å². The zero-order valence-electron chi connectivity index (χ0n) is 12.4. The molecule has 5 nitrogen and oxygen atoms in total. The van der Waals surface area contributed by atoms with Crippen LogP contribution in [0, 0.1) is 0 Å². The summed E-state index contributed by atoms with van der Waals surface area (Å²) in [5.41, 5.74) is -0.162. The van der Waals surface area contributed by atoms with Crippen LogP contribution in [0.25, 0.3) is 0 Å². The van der Waals surface area contributed by atoms with Gasteiger partial charge in [-0.2, -0.15) is 0 Å². The molecule has 2 N–H and O–H groups in total. The summed E-state index contributed by atoms with van der Waals surface area (Å²) in [6.45, 7) is 3.37. The molecule has 21 heavy (non-hydrogen) atoms. The van der Waals surface area contributed by atoms with Crippen molar-refractivity contribution in [2.75, 3.05) is 32.1 Å². The Morgan fingerprint density at radius 3 is 3.00 bits per heavy atom. The third kappa shape index (κ3) is 4.59. The van der Waals surface area contributed by atoms with Crippen LogP contribution in [0.5, 0.6) is 5.75 Å². The first kappa shape index (κ1) is 16.1. The van der Waals surface area contributed by atoms with E-state index in [-0.39, 0.29) is 12.5 Å². The van der Waals surface area contributed by atoms with Gasteiger partial charge in [0.1, 0.15) is 5.75 Å². The minimum absolute atomic E-state index is 0.145. The van der Waals surface area contributed by atoms with Crippen molar-refractivity contribution in [2.45, 2.75) is 25.4 Å². The fraction of sp³-hybridized carbons (Fsp3) is 0.533. The summed E-state index contributed by atoms with van der Waals surface area (Å²) in [6.07, 6.45) is 1.66. The molecule has 1 saturated heterocycles. The summed E-state index contributed by atoms with van der Waals surface area (Å²) in [5.74, 6) is 0.423. The Hall–Kier alpha value is -1.30. The van der Waals surface area contributed by atoms with Gasteiger partial charge in [-0.25, -0.2) is 0 Å². The average molecular weight is 313 g/mol. The number of carbonyl (C=O) groups is 1. The highest BCUT2D eigenvalue weighted by atomic mass is 35.5. The Balaban J connectivity index is 1.97. The van der Waals surface area contributed by atoms with Gasteiger partial charge in [0.25, 0.3) is 0 Å². The first-order valence-corrected chi connectivity index (χ1v) is 7.35. The van der Waals surface area contributed by atoms with Crippen LogP contribution in [0.4, 0.5) is 5.69 Å². The number of ether oxygens (including phenoxy) is 1. The number of rotatable bonds is 4. The first-order valence-electron chi connectivity index (χ1n) is 6.98. The third-order valence-corrected chi connectivity index (χ3v) is 3.79. The SMILES string of the molecule is COc1ccc(Cl)cc1NC(=O)CN1CCCC(C)(O)C1. The molecule has 6 heteroatoms. The van der Waals surface area contributed by atoms with Gasteiger partial charge in [0.05, 0.1) is 24.9 Å². The number of anilines is 1. The first-order chi connectivity index (χ1) is 9.89. The van der Waals surface area contributed by atoms with E-state index in [4.69, 9.17) is 16.3 Å². The van der Waals surface area contributed by atoms with Crippen molar-refractivity contribution < 1.29 is 14.6 Å². The maximum atomic E-state index is 12.1. The molecule has 0 spiro atoms. The summed E-state index contributed by atoms with van der Waals surface area (Å²) < 4.78 is 5.20. The van der Waals surface area contributed by atoms with Gasteiger partial charge >= 0.3 is 0 Å². The van der Waals surface area contributed by atoms with Crippen molar-refractivity contribution in [1.82, 2.24) is 4.90 Å². The number of amides is 1. The number of piperidine rings is 1. The molecule has 1 heterocycles. The van der Waals surface area contributed by atoms with Crippen LogP contribution >= 0.6 is 11.6 Å². The lowest BCUT2D eigenvalue weighted by Crippen LogP contribution is -2.48. The lowest BCUT2D eigenvalue weighted by atomic mass is 9.95. The normalized spacial score (nSPS) is 22.9. The summed E-state index contributed by atoms with van der Waals surface area (Å²) in [5, 5.41) is 13.4. The van der Waals surface area contributed by atoms with Crippen LogP contribution < -0.4 is 10.1 Å². The van der Waals surface area contributed by atoms with Crippen LogP contribution in [0.15, 0.2) is 18.2 Å². The summed E-state index contributed by atoms with van der Waals surface area (Å²) in [6, 6.07) is 5.08. The number of β-amino-alcohol motifs (C(OH)–C–C–N with tert-alkyl or cyclic N) is 1. The van der Waals surface area contributed by atoms with E-state index >= 15 is 0 Å². The Morgan fingerprint density at radius 2 is 2.33 bits per heavy atom. The van der Waals surface area contributed by atoms with E-state index in [0.717, 1.165) is 19.4 Å². The molecule has 0 aliphatic carbocycles. The Morgan fingerprint density at radius 1 is 1.57 bits per heavy atom. The number of nitrogens with zero attached hydrogens (tertiary/aromatic N) is 1. The second-order valence-electron chi connectivity index (χ2n) is 5.70. The maximum Gasteiger partial charge on any atom is 0.238 e. The third-order valence-electron chi connectivity index (χ3n) is 3.56. The van der Waals surface area contributed by atoms with E-state index in [0.29, 0.717) is 23.0 Å². The number of halogens is 1. The molecular weight excluding hydrogens is 292 g/mol. The highest BCUT2D eigenvalue weighted by Crippen LogP contribution is 2.27. The monoisotopic (exact) mass is 312 g/mol. The lowest BCUT2D eigenvalue weighted by Gasteiger charge is -2.36. The number of hydrogen-bond acceptors (Lipinski definition) is 4. The lowest BCUT2D eigenvalue weighted by molar-refractivity contribution is -0.118. The molecule has 116 valence electrons. The van der Waals surface area contributed by atoms with Gasteiger partial charge in [-0.3, -0.25) is 9.69 Å². The molecule has 1 aromatic carbocycles. The van der Waals surface area contributed by atoms with E-state index in [1.807, 2.05) is 4.90 Å². The van der Waals surface area contributed by atoms with Crippen molar-refractivity contribution in [3.05, 3.63) is 23.2 Å². The van der Waals surface area contributed by atoms with Crippen LogP contribution in [-0.4, -0.2) is 48.3 Å². The molecule has 1 aromatic rings. The number of methoxy groups -OCH3 is 1. The molecule has 1 aliphatic heterocycles. The van der Waals surface area contributed by atoms with E-state index in [9.17, 15) is 9.90 Å². The highest BCUT2D eigenvalue weighted by molar-refractivity contribution is 6.31. The topological polar surface area (TPSA) is 61.8 Å². The van der Waals surface area contributed by atoms with Gasteiger partial charge in [0, 0.05) is 11.6 Å². The predicted octanol–water partition coefficient (Wildman–Crippen LogP) is 2.13. The minimum atomic E-state index is -0.716. The highest BCUT2D eigenvalue weighted by Gasteiger charge is 2.29. The van der Waals surface area contributed by atoms with Gasteiger partial charge in [-0.05, 0) is 44.5 Å². The number of aliphatic hydroxyl groups is 1. The molecule has 0 aromatic heterocycles. The molecule has 0 radical (unpaired) electrons. The van der Waals surface area contributed by atoms with E-state index in [1.54, 1.807) is 32.2 Å². The maximum absolute atomic E-state index is 12.1. The van der Waals surface area contributed by atoms with Crippen molar-refractivity contribution in [3.8, 4) is 5.75 Å². The quantitative estimate of drug-likeness (QED) is 0.894. The fourth-order valence-electron chi connectivity index (χ4n) is 2.63. The number of likely N-dealkylation sites (tertiary alicyclic amines) is 1. The number of nitrogens with one attached hydrogen (secondary N) is 1. The molecular formula is C15H21ClN2O3. The van der Waals surface area contributed by atoms with E-state index < -0.39 is 5.60 Å². The van der Waals surface area contributed by atoms with Gasteiger partial charge in [0.2, 0.25) is 5.91 Å². The predicted molar refractivity (Wildman–Crippen MR) is 82.9 cm³/mol. The van der Waals surface area contributed by atoms with Gasteiger partial charge in [-0.1, -0.05) is 11.6 Å². The number of hydrogen-bond donors (Lipinski definition) is 2. The van der Waals surface area contributed by atoms with Crippen LogP contribution in [-0.2, 0) is 4.79 Å². The summed E-state index contributed by atoms with van der Waals surface area (Å²) in [4.78, 5) is 14.1. The van der Waals surface area contributed by atoms with Crippen molar-refractivity contribution in [2.24, 2.45) is 0 Å². The molecule has 1 atom stereocenters. The zero-order chi connectivity index (χ0) is 15.5. The van der Waals surface area contributed by atoms with Crippen LogP contribution in [0.3, 0.4) is 0 Å². The second-order valence-corrected chi connectivity index (χ2v) is 6.14. The van der Waals surface area contributed by atoms with Crippen molar-refractivity contribution in [3.63, 3.8) is 0 Å². The Kier molecular flexibility index (Phi) is 5.08. The molecule has 0 saturated carbocycles. The fourth-order valence-corrected chi connectivity index (χ4v) is 2.80. The molecule has 1 fully saturated rings. The Labute approximate surface area is 129 Å². The van der Waals surface area contributed by atoms with E-state index in [2.05, 4.69) is 5.32 Å². The Bertz CT molecular complexity index is 520. The summed E-state index contributed by atoms with van der Waals surface area (Å²) in [7, 11) is 1.54. The van der Waals surface area contributed by atoms with Crippen LogP contribution in [0.2, 0.25) is 5.02 Å². The smallest absolute Gasteiger partial charge is 0.238 e.